The van der Waals surface area contributed by atoms with Crippen molar-refractivity contribution >= 4 is 17.3 Å². The maximum Gasteiger partial charge on any atom is 0.0642 e. The van der Waals surface area contributed by atoms with Gasteiger partial charge in [0.1, 0.15) is 0 Å². The number of anilines is 1. The molecule has 0 spiro atoms. The molecule has 2 unspecified atom stereocenters. The molecule has 0 amide bonds. The number of nitrogens with zero attached hydrogens (tertiary/aromatic N) is 2. The summed E-state index contributed by atoms with van der Waals surface area (Å²) in [6, 6.07) is 7.67. The molecule has 1 aromatic carbocycles. The maximum absolute atomic E-state index is 6.54. The number of nitrogens with two attached hydrogens (primary N) is 1. The van der Waals surface area contributed by atoms with Crippen molar-refractivity contribution in [2.75, 3.05) is 31.1 Å². The molecule has 4 heteroatoms. The van der Waals surface area contributed by atoms with E-state index in [4.69, 9.17) is 17.3 Å². The smallest absolute Gasteiger partial charge is 0.0642 e. The number of piperazine rings is 1. The summed E-state index contributed by atoms with van der Waals surface area (Å²) in [5, 5.41) is 0.872. The zero-order valence-corrected chi connectivity index (χ0v) is 13.6. The molecule has 2 atom stereocenters. The molecule has 2 aliphatic heterocycles. The molecule has 3 nitrogen and oxygen atoms in total. The minimum absolute atomic E-state index is 0.525. The molecule has 0 aromatic heterocycles. The summed E-state index contributed by atoms with van der Waals surface area (Å²) in [5.41, 5.74) is 8.05. The van der Waals surface area contributed by atoms with E-state index < -0.39 is 0 Å². The van der Waals surface area contributed by atoms with E-state index in [0.29, 0.717) is 18.6 Å². The zero-order chi connectivity index (χ0) is 14.8. The van der Waals surface area contributed by atoms with Crippen molar-refractivity contribution in [2.24, 2.45) is 5.73 Å². The Bertz CT molecular complexity index is 491. The van der Waals surface area contributed by atoms with Gasteiger partial charge in [-0.1, -0.05) is 24.1 Å². The summed E-state index contributed by atoms with van der Waals surface area (Å²) < 4.78 is 0. The Morgan fingerprint density at radius 3 is 2.90 bits per heavy atom. The highest BCUT2D eigenvalue weighted by Crippen LogP contribution is 2.33. The van der Waals surface area contributed by atoms with Crippen LogP contribution in [0.3, 0.4) is 0 Å². The van der Waals surface area contributed by atoms with Crippen molar-refractivity contribution in [2.45, 2.75) is 44.7 Å². The van der Waals surface area contributed by atoms with Gasteiger partial charge < -0.3 is 10.6 Å². The first-order valence-corrected chi connectivity index (χ1v) is 8.56. The number of rotatable bonds is 3. The first kappa shape index (κ1) is 15.1. The number of benzene rings is 1. The van der Waals surface area contributed by atoms with Gasteiger partial charge in [-0.2, -0.15) is 0 Å². The number of hydrogen-bond acceptors (Lipinski definition) is 3. The van der Waals surface area contributed by atoms with E-state index in [1.807, 2.05) is 0 Å². The van der Waals surface area contributed by atoms with Gasteiger partial charge in [-0.25, -0.2) is 0 Å². The van der Waals surface area contributed by atoms with Gasteiger partial charge in [-0.05, 0) is 57.0 Å². The van der Waals surface area contributed by atoms with Crippen LogP contribution in [0, 0.1) is 0 Å². The molecule has 2 aliphatic rings. The molecule has 0 aliphatic carbocycles. The highest BCUT2D eigenvalue weighted by Gasteiger charge is 2.33. The fourth-order valence-corrected chi connectivity index (χ4v) is 4.11. The molecular weight excluding hydrogens is 282 g/mol. The Morgan fingerprint density at radius 2 is 2.14 bits per heavy atom. The van der Waals surface area contributed by atoms with Gasteiger partial charge in [0.25, 0.3) is 0 Å². The summed E-state index contributed by atoms with van der Waals surface area (Å²) >= 11 is 6.54. The van der Waals surface area contributed by atoms with Crippen molar-refractivity contribution < 1.29 is 0 Å². The second-order valence-electron chi connectivity index (χ2n) is 6.47. The SMILES string of the molecule is CC1CN2CCCCC2CN1c1ccc(CCN)cc1Cl. The number of halogens is 1. The summed E-state index contributed by atoms with van der Waals surface area (Å²) in [6.45, 7) is 6.52. The van der Waals surface area contributed by atoms with E-state index in [0.717, 1.165) is 24.5 Å². The van der Waals surface area contributed by atoms with Crippen molar-refractivity contribution in [1.82, 2.24) is 4.90 Å². The van der Waals surface area contributed by atoms with Crippen LogP contribution in [-0.4, -0.2) is 43.2 Å². The fraction of sp³-hybridized carbons (Fsp3) is 0.647. The Balaban J connectivity index is 1.79. The van der Waals surface area contributed by atoms with E-state index in [2.05, 4.69) is 34.9 Å². The lowest BCUT2D eigenvalue weighted by atomic mass is 9.96. The predicted octanol–water partition coefficient (Wildman–Crippen LogP) is 2.90. The van der Waals surface area contributed by atoms with E-state index in [1.165, 1.54) is 37.1 Å². The van der Waals surface area contributed by atoms with Crippen molar-refractivity contribution in [3.63, 3.8) is 0 Å². The number of hydrogen-bond donors (Lipinski definition) is 1. The highest BCUT2D eigenvalue weighted by atomic mass is 35.5. The van der Waals surface area contributed by atoms with Crippen LogP contribution in [0.25, 0.3) is 0 Å². The Kier molecular flexibility index (Phi) is 4.72. The molecule has 2 N–H and O–H groups in total. The van der Waals surface area contributed by atoms with Gasteiger partial charge in [0.2, 0.25) is 0 Å². The van der Waals surface area contributed by atoms with E-state index >= 15 is 0 Å². The van der Waals surface area contributed by atoms with Crippen LogP contribution in [0.5, 0.6) is 0 Å². The Labute approximate surface area is 133 Å². The van der Waals surface area contributed by atoms with Gasteiger partial charge in [-0.15, -0.1) is 0 Å². The summed E-state index contributed by atoms with van der Waals surface area (Å²) in [7, 11) is 0. The molecule has 2 saturated heterocycles. The minimum atomic E-state index is 0.525. The molecule has 0 saturated carbocycles. The number of piperidine rings is 1. The molecule has 0 bridgehead atoms. The van der Waals surface area contributed by atoms with Crippen LogP contribution < -0.4 is 10.6 Å². The van der Waals surface area contributed by atoms with Gasteiger partial charge in [0.05, 0.1) is 10.7 Å². The Morgan fingerprint density at radius 1 is 1.29 bits per heavy atom. The quantitative estimate of drug-likeness (QED) is 0.932. The van der Waals surface area contributed by atoms with Crippen LogP contribution in [0.2, 0.25) is 5.02 Å². The largest absolute Gasteiger partial charge is 0.365 e. The zero-order valence-electron chi connectivity index (χ0n) is 12.9. The molecule has 116 valence electrons. The maximum atomic E-state index is 6.54. The second kappa shape index (κ2) is 6.55. The minimum Gasteiger partial charge on any atom is -0.365 e. The fourth-order valence-electron chi connectivity index (χ4n) is 3.79. The topological polar surface area (TPSA) is 32.5 Å². The van der Waals surface area contributed by atoms with Gasteiger partial charge in [0.15, 0.2) is 0 Å². The van der Waals surface area contributed by atoms with Crippen LogP contribution >= 0.6 is 11.6 Å². The van der Waals surface area contributed by atoms with Crippen LogP contribution in [0.15, 0.2) is 18.2 Å². The lowest BCUT2D eigenvalue weighted by molar-refractivity contribution is 0.115. The van der Waals surface area contributed by atoms with Crippen molar-refractivity contribution in [3.8, 4) is 0 Å². The van der Waals surface area contributed by atoms with Crippen molar-refractivity contribution in [3.05, 3.63) is 28.8 Å². The predicted molar refractivity (Wildman–Crippen MR) is 90.2 cm³/mol. The van der Waals surface area contributed by atoms with Gasteiger partial charge in [0, 0.05) is 25.2 Å². The average Bonchev–Trinajstić information content (AvgIpc) is 2.47. The molecular formula is C17H26ClN3. The van der Waals surface area contributed by atoms with Crippen LogP contribution in [-0.2, 0) is 6.42 Å². The van der Waals surface area contributed by atoms with E-state index in [1.54, 1.807) is 0 Å². The van der Waals surface area contributed by atoms with E-state index in [-0.39, 0.29) is 0 Å². The molecule has 1 aromatic rings. The van der Waals surface area contributed by atoms with Crippen LogP contribution in [0.1, 0.15) is 31.7 Å². The standard InChI is InChI=1S/C17H26ClN3/c1-13-11-20-9-3-2-4-15(20)12-21(13)17-6-5-14(7-8-19)10-16(17)18/h5-6,10,13,15H,2-4,7-9,11-12,19H2,1H3. The molecule has 3 rings (SSSR count). The van der Waals surface area contributed by atoms with Crippen LogP contribution in [0.4, 0.5) is 5.69 Å². The van der Waals surface area contributed by atoms with E-state index in [9.17, 15) is 0 Å². The first-order chi connectivity index (χ1) is 10.2. The monoisotopic (exact) mass is 307 g/mol. The summed E-state index contributed by atoms with van der Waals surface area (Å²) in [6.07, 6.45) is 4.95. The Hall–Kier alpha value is -0.770. The lowest BCUT2D eigenvalue weighted by Gasteiger charge is -2.48. The molecule has 0 radical (unpaired) electrons. The van der Waals surface area contributed by atoms with Gasteiger partial charge in [-0.3, -0.25) is 4.90 Å². The third-order valence-corrected chi connectivity index (χ3v) is 5.24. The van der Waals surface area contributed by atoms with Crippen molar-refractivity contribution in [1.29, 1.82) is 0 Å². The summed E-state index contributed by atoms with van der Waals surface area (Å²) in [4.78, 5) is 5.17. The first-order valence-electron chi connectivity index (χ1n) is 8.18. The molecule has 2 fully saturated rings. The highest BCUT2D eigenvalue weighted by molar-refractivity contribution is 6.33. The average molecular weight is 308 g/mol. The summed E-state index contributed by atoms with van der Waals surface area (Å²) in [5.74, 6) is 0. The second-order valence-corrected chi connectivity index (χ2v) is 6.88. The molecule has 2 heterocycles. The lowest BCUT2D eigenvalue weighted by Crippen LogP contribution is -2.58. The molecule has 21 heavy (non-hydrogen) atoms. The number of fused-ring (bicyclic) bond motifs is 1. The van der Waals surface area contributed by atoms with Gasteiger partial charge >= 0.3 is 0 Å². The third kappa shape index (κ3) is 3.20. The third-order valence-electron chi connectivity index (χ3n) is 4.94. The normalized spacial score (nSPS) is 26.7.